The summed E-state index contributed by atoms with van der Waals surface area (Å²) in [5, 5.41) is 2.01. The Morgan fingerprint density at radius 3 is 2.57 bits per heavy atom. The molecule has 3 aliphatic rings. The van der Waals surface area contributed by atoms with Gasteiger partial charge >= 0.3 is 0 Å². The van der Waals surface area contributed by atoms with Crippen molar-refractivity contribution in [3.05, 3.63) is 0 Å². The van der Waals surface area contributed by atoms with Gasteiger partial charge in [0.2, 0.25) is 5.91 Å². The van der Waals surface area contributed by atoms with Crippen LogP contribution in [0.3, 0.4) is 0 Å². The second-order valence-corrected chi connectivity index (χ2v) is 8.52. The Kier molecular flexibility index (Phi) is 4.92. The van der Waals surface area contributed by atoms with Crippen molar-refractivity contribution >= 4 is 29.1 Å². The van der Waals surface area contributed by atoms with Crippen LogP contribution in [0, 0.1) is 23.7 Å². The smallest absolute Gasteiger partial charge is 0.244 e. The molecule has 23 heavy (non-hydrogen) atoms. The Hall–Kier alpha value is -0.0300. The SMILES string of the molecule is CC(C)[C@@H]1CC[C@@H](C)C[C@]12N(C)C(=O)[C@@H]1[C@@H](CCl)[C@H](CCl)ON12. The number of fused-ring (bicyclic) bond motifs is 2. The monoisotopic (exact) mass is 362 g/mol. The van der Waals surface area contributed by atoms with Gasteiger partial charge in [0.1, 0.15) is 11.7 Å². The Bertz CT molecular complexity index is 476. The molecule has 1 spiro atoms. The van der Waals surface area contributed by atoms with Gasteiger partial charge in [-0.25, -0.2) is 0 Å². The summed E-state index contributed by atoms with van der Waals surface area (Å²) in [7, 11) is 1.94. The molecule has 4 nitrogen and oxygen atoms in total. The third-order valence-electron chi connectivity index (χ3n) is 6.28. The molecule has 0 radical (unpaired) electrons. The first-order valence-electron chi connectivity index (χ1n) is 8.74. The highest BCUT2D eigenvalue weighted by Crippen LogP contribution is 2.54. The summed E-state index contributed by atoms with van der Waals surface area (Å²) in [6, 6.07) is -0.284. The van der Waals surface area contributed by atoms with Gasteiger partial charge in [-0.15, -0.1) is 28.3 Å². The van der Waals surface area contributed by atoms with Crippen LogP contribution < -0.4 is 0 Å². The summed E-state index contributed by atoms with van der Waals surface area (Å²) in [4.78, 5) is 21.3. The lowest BCUT2D eigenvalue weighted by Gasteiger charge is -2.52. The predicted octanol–water partition coefficient (Wildman–Crippen LogP) is 3.33. The maximum absolute atomic E-state index is 13.1. The van der Waals surface area contributed by atoms with Crippen LogP contribution in [0.5, 0.6) is 0 Å². The Labute approximate surface area is 149 Å². The molecule has 2 aliphatic heterocycles. The highest BCUT2D eigenvalue weighted by atomic mass is 35.5. The summed E-state index contributed by atoms with van der Waals surface area (Å²) < 4.78 is 0. The van der Waals surface area contributed by atoms with Crippen LogP contribution in [0.1, 0.15) is 40.0 Å². The van der Waals surface area contributed by atoms with Crippen LogP contribution >= 0.6 is 23.2 Å². The summed E-state index contributed by atoms with van der Waals surface area (Å²) >= 11 is 12.3. The van der Waals surface area contributed by atoms with E-state index < -0.39 is 0 Å². The van der Waals surface area contributed by atoms with Crippen LogP contribution in [0.15, 0.2) is 0 Å². The van der Waals surface area contributed by atoms with Gasteiger partial charge in [-0.1, -0.05) is 27.2 Å². The number of carbonyl (C=O) groups is 1. The zero-order valence-electron chi connectivity index (χ0n) is 14.5. The quantitative estimate of drug-likeness (QED) is 0.721. The molecule has 6 atom stereocenters. The number of halogens is 2. The van der Waals surface area contributed by atoms with Gasteiger partial charge in [-0.05, 0) is 24.7 Å². The average Bonchev–Trinajstić information content (AvgIpc) is 2.98. The summed E-state index contributed by atoms with van der Waals surface area (Å²) in [5.74, 6) is 2.35. The molecule has 0 aromatic carbocycles. The molecule has 1 amide bonds. The Balaban J connectivity index is 2.05. The molecule has 3 fully saturated rings. The van der Waals surface area contributed by atoms with Gasteiger partial charge in [0.05, 0.1) is 12.0 Å². The average molecular weight is 363 g/mol. The molecule has 0 bridgehead atoms. The molecule has 0 N–H and O–H groups in total. The molecule has 1 saturated carbocycles. The third-order valence-corrected chi connectivity index (χ3v) is 6.94. The van der Waals surface area contributed by atoms with Crippen molar-refractivity contribution in [2.45, 2.75) is 57.8 Å². The lowest BCUT2D eigenvalue weighted by Crippen LogP contribution is -2.61. The van der Waals surface area contributed by atoms with Crippen molar-refractivity contribution in [1.82, 2.24) is 9.96 Å². The highest BCUT2D eigenvalue weighted by molar-refractivity contribution is 6.19. The Morgan fingerprint density at radius 1 is 1.30 bits per heavy atom. The van der Waals surface area contributed by atoms with Crippen molar-refractivity contribution in [3.63, 3.8) is 0 Å². The first-order chi connectivity index (χ1) is 10.9. The van der Waals surface area contributed by atoms with E-state index in [1.54, 1.807) is 0 Å². The fourth-order valence-corrected chi connectivity index (χ4v) is 5.77. The first kappa shape index (κ1) is 17.8. The van der Waals surface area contributed by atoms with E-state index in [4.69, 9.17) is 28.0 Å². The molecule has 2 saturated heterocycles. The normalized spacial score (nSPS) is 44.6. The molecule has 132 valence electrons. The highest BCUT2D eigenvalue weighted by Gasteiger charge is 2.67. The van der Waals surface area contributed by atoms with Gasteiger partial charge in [0.25, 0.3) is 0 Å². The van der Waals surface area contributed by atoms with Gasteiger partial charge in [0, 0.05) is 24.8 Å². The van der Waals surface area contributed by atoms with Crippen molar-refractivity contribution in [2.24, 2.45) is 23.7 Å². The minimum atomic E-state index is -0.349. The molecule has 0 unspecified atom stereocenters. The van der Waals surface area contributed by atoms with Gasteiger partial charge < -0.3 is 4.90 Å². The van der Waals surface area contributed by atoms with Crippen LogP contribution in [-0.2, 0) is 9.63 Å². The van der Waals surface area contributed by atoms with E-state index in [1.165, 1.54) is 6.42 Å². The number of hydrogen-bond acceptors (Lipinski definition) is 3. The minimum Gasteiger partial charge on any atom is -0.323 e. The minimum absolute atomic E-state index is 0.0338. The molecule has 0 aromatic rings. The van der Waals surface area contributed by atoms with Gasteiger partial charge in [-0.3, -0.25) is 9.63 Å². The van der Waals surface area contributed by atoms with E-state index in [1.807, 2.05) is 17.0 Å². The number of carbonyl (C=O) groups excluding carboxylic acids is 1. The first-order valence-corrected chi connectivity index (χ1v) is 9.81. The number of alkyl halides is 2. The molecular formula is C17H28Cl2N2O2. The van der Waals surface area contributed by atoms with Crippen molar-refractivity contribution in [3.8, 4) is 0 Å². The number of hydroxylamine groups is 2. The van der Waals surface area contributed by atoms with E-state index in [9.17, 15) is 4.79 Å². The van der Waals surface area contributed by atoms with Crippen LogP contribution in [0.4, 0.5) is 0 Å². The second kappa shape index (κ2) is 6.36. The van der Waals surface area contributed by atoms with E-state index in [2.05, 4.69) is 20.8 Å². The maximum atomic E-state index is 13.1. The van der Waals surface area contributed by atoms with E-state index in [0.717, 1.165) is 12.8 Å². The van der Waals surface area contributed by atoms with Crippen molar-refractivity contribution in [1.29, 1.82) is 0 Å². The number of nitrogens with zero attached hydrogens (tertiary/aromatic N) is 2. The predicted molar refractivity (Wildman–Crippen MR) is 92.3 cm³/mol. The molecule has 3 rings (SSSR count). The van der Waals surface area contributed by atoms with E-state index in [0.29, 0.717) is 29.5 Å². The number of hydrogen-bond donors (Lipinski definition) is 0. The largest absolute Gasteiger partial charge is 0.323 e. The second-order valence-electron chi connectivity index (χ2n) is 7.90. The topological polar surface area (TPSA) is 32.8 Å². The molecule has 6 heteroatoms. The fourth-order valence-electron chi connectivity index (χ4n) is 5.11. The number of rotatable bonds is 3. The van der Waals surface area contributed by atoms with Crippen LogP contribution in [-0.4, -0.2) is 52.5 Å². The fraction of sp³-hybridized carbons (Fsp3) is 0.941. The summed E-state index contributed by atoms with van der Waals surface area (Å²) in [5.41, 5.74) is -0.349. The molecule has 1 aliphatic carbocycles. The Morgan fingerprint density at radius 2 is 2.00 bits per heavy atom. The van der Waals surface area contributed by atoms with Gasteiger partial charge in [-0.2, -0.15) is 0 Å². The maximum Gasteiger partial charge on any atom is 0.244 e. The lowest BCUT2D eigenvalue weighted by atomic mass is 9.69. The number of likely N-dealkylation sites (N-methyl/N-ethyl adjacent to an activating group) is 1. The van der Waals surface area contributed by atoms with E-state index in [-0.39, 0.29) is 29.6 Å². The third kappa shape index (κ3) is 2.44. The van der Waals surface area contributed by atoms with Gasteiger partial charge in [0.15, 0.2) is 0 Å². The van der Waals surface area contributed by atoms with Crippen molar-refractivity contribution < 1.29 is 9.63 Å². The van der Waals surface area contributed by atoms with Crippen molar-refractivity contribution in [2.75, 3.05) is 18.8 Å². The van der Waals surface area contributed by atoms with Crippen LogP contribution in [0.25, 0.3) is 0 Å². The van der Waals surface area contributed by atoms with E-state index >= 15 is 0 Å². The van der Waals surface area contributed by atoms with Crippen LogP contribution in [0.2, 0.25) is 0 Å². The summed E-state index contributed by atoms with van der Waals surface area (Å²) in [6.07, 6.45) is 3.13. The summed E-state index contributed by atoms with van der Waals surface area (Å²) in [6.45, 7) is 6.78. The molecule has 2 heterocycles. The molecular weight excluding hydrogens is 335 g/mol. The zero-order chi connectivity index (χ0) is 16.9. The standard InChI is InChI=1S/C17H28Cl2N2O2/c1-10(2)13-6-5-11(3)7-17(13)20(4)16(22)15-12(8-18)14(9-19)23-21(15)17/h10-15H,5-9H2,1-4H3/t11-,12+,13+,14+,15+,17-/m1/s1. The zero-order valence-corrected chi connectivity index (χ0v) is 16.0. The lowest BCUT2D eigenvalue weighted by molar-refractivity contribution is -0.261. The molecule has 0 aromatic heterocycles. The number of amides is 1.